The summed E-state index contributed by atoms with van der Waals surface area (Å²) in [6.07, 6.45) is 1.84. The molecule has 0 spiro atoms. The van der Waals surface area contributed by atoms with Gasteiger partial charge in [-0.3, -0.25) is 4.79 Å². The van der Waals surface area contributed by atoms with Crippen LogP contribution in [0.3, 0.4) is 0 Å². The summed E-state index contributed by atoms with van der Waals surface area (Å²) >= 11 is 0. The van der Waals surface area contributed by atoms with Gasteiger partial charge >= 0.3 is 0 Å². The van der Waals surface area contributed by atoms with Crippen LogP contribution in [0.4, 0.5) is 0 Å². The Balaban J connectivity index is 2.00. The third-order valence-corrected chi connectivity index (χ3v) is 5.01. The van der Waals surface area contributed by atoms with Crippen molar-refractivity contribution in [3.63, 3.8) is 0 Å². The van der Waals surface area contributed by atoms with E-state index in [1.165, 1.54) is 0 Å². The molecule has 0 amide bonds. The molecule has 4 aromatic rings. The Labute approximate surface area is 163 Å². The number of nitrogens with one attached hydrogen (secondary N) is 1. The highest BCUT2D eigenvalue weighted by molar-refractivity contribution is 5.91. The van der Waals surface area contributed by atoms with E-state index in [1.54, 1.807) is 11.6 Å². The molecule has 0 saturated carbocycles. The lowest BCUT2D eigenvalue weighted by Gasteiger charge is -2.16. The predicted molar refractivity (Wildman–Crippen MR) is 112 cm³/mol. The van der Waals surface area contributed by atoms with E-state index < -0.39 is 0 Å². The number of hydrogen-bond donors (Lipinski definition) is 1. The standard InChI is InChI=1S/C23H23N3O2/c1-13-7-6-8-14(2)21(13)28-22-18(9-10-19-20(22)25-16(4)24-19)17-11-15(3)23(27)26(5)12-17/h6-12H,1-5H3,(H,24,25). The number of imidazole rings is 1. The molecule has 2 aromatic heterocycles. The van der Waals surface area contributed by atoms with Crippen LogP contribution in [0, 0.1) is 27.7 Å². The van der Waals surface area contributed by atoms with E-state index in [9.17, 15) is 4.79 Å². The van der Waals surface area contributed by atoms with Crippen molar-refractivity contribution in [2.75, 3.05) is 0 Å². The van der Waals surface area contributed by atoms with Gasteiger partial charge in [0.1, 0.15) is 17.1 Å². The molecule has 4 rings (SSSR count). The van der Waals surface area contributed by atoms with Crippen LogP contribution in [0.2, 0.25) is 0 Å². The van der Waals surface area contributed by atoms with Gasteiger partial charge in [0, 0.05) is 29.9 Å². The van der Waals surface area contributed by atoms with Crippen molar-refractivity contribution in [2.24, 2.45) is 7.05 Å². The highest BCUT2D eigenvalue weighted by Crippen LogP contribution is 2.40. The molecule has 2 aromatic carbocycles. The van der Waals surface area contributed by atoms with Gasteiger partial charge in [0.25, 0.3) is 5.56 Å². The van der Waals surface area contributed by atoms with Crippen LogP contribution in [0.15, 0.2) is 47.4 Å². The minimum atomic E-state index is -0.00217. The number of para-hydroxylation sites is 1. The zero-order chi connectivity index (χ0) is 20.0. The van der Waals surface area contributed by atoms with E-state index >= 15 is 0 Å². The fourth-order valence-electron chi connectivity index (χ4n) is 3.59. The summed E-state index contributed by atoms with van der Waals surface area (Å²) in [7, 11) is 1.77. The summed E-state index contributed by atoms with van der Waals surface area (Å²) in [5.74, 6) is 2.35. The third kappa shape index (κ3) is 2.99. The number of H-pyrrole nitrogens is 1. The number of rotatable bonds is 3. The lowest BCUT2D eigenvalue weighted by atomic mass is 10.0. The highest BCUT2D eigenvalue weighted by atomic mass is 16.5. The minimum Gasteiger partial charge on any atom is -0.454 e. The SMILES string of the molecule is Cc1nc2c(Oc3c(C)cccc3C)c(-c3cc(C)c(=O)n(C)c3)ccc2[nH]1. The number of fused-ring (bicyclic) bond motifs is 1. The minimum absolute atomic E-state index is 0.00217. The molecule has 142 valence electrons. The van der Waals surface area contributed by atoms with E-state index in [-0.39, 0.29) is 5.56 Å². The fraction of sp³-hybridized carbons (Fsp3) is 0.217. The largest absolute Gasteiger partial charge is 0.454 e. The molecule has 2 heterocycles. The Morgan fingerprint density at radius 3 is 2.36 bits per heavy atom. The van der Waals surface area contributed by atoms with Gasteiger partial charge in [-0.25, -0.2) is 4.98 Å². The Morgan fingerprint density at radius 1 is 0.964 bits per heavy atom. The molecule has 0 fully saturated rings. The van der Waals surface area contributed by atoms with Crippen LogP contribution < -0.4 is 10.3 Å². The maximum atomic E-state index is 12.1. The van der Waals surface area contributed by atoms with Crippen LogP contribution in [0.1, 0.15) is 22.5 Å². The lowest BCUT2D eigenvalue weighted by molar-refractivity contribution is 0.481. The monoisotopic (exact) mass is 373 g/mol. The highest BCUT2D eigenvalue weighted by Gasteiger charge is 2.18. The average molecular weight is 373 g/mol. The number of aromatic nitrogens is 3. The molecule has 5 heteroatoms. The molecule has 1 N–H and O–H groups in total. The Kier molecular flexibility index (Phi) is 4.30. The Morgan fingerprint density at radius 2 is 1.68 bits per heavy atom. The van der Waals surface area contributed by atoms with E-state index in [2.05, 4.69) is 9.97 Å². The summed E-state index contributed by atoms with van der Waals surface area (Å²) in [5.41, 5.74) is 6.34. The quantitative estimate of drug-likeness (QED) is 0.552. The summed E-state index contributed by atoms with van der Waals surface area (Å²) in [6.45, 7) is 7.83. The Hall–Kier alpha value is -3.34. The molecular formula is C23H23N3O2. The second kappa shape index (κ2) is 6.68. The van der Waals surface area contributed by atoms with Crippen molar-refractivity contribution in [2.45, 2.75) is 27.7 Å². The fourth-order valence-corrected chi connectivity index (χ4v) is 3.59. The molecule has 0 saturated heterocycles. The molecule has 0 radical (unpaired) electrons. The van der Waals surface area contributed by atoms with Crippen LogP contribution in [-0.4, -0.2) is 14.5 Å². The van der Waals surface area contributed by atoms with Gasteiger partial charge in [-0.1, -0.05) is 18.2 Å². The van der Waals surface area contributed by atoms with Gasteiger partial charge < -0.3 is 14.3 Å². The van der Waals surface area contributed by atoms with Crippen LogP contribution in [0.25, 0.3) is 22.2 Å². The predicted octanol–water partition coefficient (Wildman–Crippen LogP) is 4.95. The molecule has 0 unspecified atom stereocenters. The zero-order valence-electron chi connectivity index (χ0n) is 16.8. The zero-order valence-corrected chi connectivity index (χ0v) is 16.8. The van der Waals surface area contributed by atoms with E-state index in [4.69, 9.17) is 4.74 Å². The second-order valence-corrected chi connectivity index (χ2v) is 7.31. The number of nitrogens with zero attached hydrogens (tertiary/aromatic N) is 2. The lowest BCUT2D eigenvalue weighted by Crippen LogP contribution is -2.18. The molecular weight excluding hydrogens is 350 g/mol. The van der Waals surface area contributed by atoms with Gasteiger partial charge in [0.05, 0.1) is 5.52 Å². The molecule has 0 atom stereocenters. The molecule has 0 bridgehead atoms. The first kappa shape index (κ1) is 18.0. The molecule has 5 nitrogen and oxygen atoms in total. The van der Waals surface area contributed by atoms with E-state index in [0.29, 0.717) is 11.3 Å². The van der Waals surface area contributed by atoms with Crippen LogP contribution in [0.5, 0.6) is 11.5 Å². The molecule has 0 aliphatic heterocycles. The molecule has 0 aliphatic rings. The summed E-state index contributed by atoms with van der Waals surface area (Å²) < 4.78 is 8.10. The number of aryl methyl sites for hydroxylation is 5. The van der Waals surface area contributed by atoms with Crippen LogP contribution in [-0.2, 0) is 7.05 Å². The number of aromatic amines is 1. The molecule has 0 aliphatic carbocycles. The molecule has 28 heavy (non-hydrogen) atoms. The van der Waals surface area contributed by atoms with E-state index in [0.717, 1.165) is 44.9 Å². The average Bonchev–Trinajstić information content (AvgIpc) is 3.03. The van der Waals surface area contributed by atoms with E-state index in [1.807, 2.05) is 70.3 Å². The number of ether oxygens (including phenoxy) is 1. The maximum absolute atomic E-state index is 12.1. The first-order chi connectivity index (χ1) is 13.3. The Bertz CT molecular complexity index is 1220. The summed E-state index contributed by atoms with van der Waals surface area (Å²) in [5, 5.41) is 0. The van der Waals surface area contributed by atoms with Crippen molar-refractivity contribution in [1.82, 2.24) is 14.5 Å². The van der Waals surface area contributed by atoms with Crippen molar-refractivity contribution in [1.29, 1.82) is 0 Å². The smallest absolute Gasteiger partial charge is 0.253 e. The van der Waals surface area contributed by atoms with Crippen molar-refractivity contribution >= 4 is 11.0 Å². The first-order valence-electron chi connectivity index (χ1n) is 9.26. The van der Waals surface area contributed by atoms with Crippen LogP contribution >= 0.6 is 0 Å². The summed E-state index contributed by atoms with van der Waals surface area (Å²) in [6, 6.07) is 12.0. The van der Waals surface area contributed by atoms with Gasteiger partial charge in [-0.15, -0.1) is 0 Å². The maximum Gasteiger partial charge on any atom is 0.253 e. The summed E-state index contributed by atoms with van der Waals surface area (Å²) in [4.78, 5) is 20.1. The number of hydrogen-bond acceptors (Lipinski definition) is 3. The number of pyridine rings is 1. The first-order valence-corrected chi connectivity index (χ1v) is 9.26. The normalized spacial score (nSPS) is 11.2. The third-order valence-electron chi connectivity index (χ3n) is 5.01. The van der Waals surface area contributed by atoms with Gasteiger partial charge in [-0.2, -0.15) is 0 Å². The van der Waals surface area contributed by atoms with Crippen molar-refractivity contribution in [3.8, 4) is 22.6 Å². The van der Waals surface area contributed by atoms with Crippen molar-refractivity contribution < 1.29 is 4.74 Å². The topological polar surface area (TPSA) is 59.9 Å². The second-order valence-electron chi connectivity index (χ2n) is 7.31. The number of benzene rings is 2. The van der Waals surface area contributed by atoms with Gasteiger partial charge in [-0.05, 0) is 57.0 Å². The van der Waals surface area contributed by atoms with Gasteiger partial charge in [0.15, 0.2) is 5.75 Å². The van der Waals surface area contributed by atoms with Gasteiger partial charge in [0.2, 0.25) is 0 Å². The van der Waals surface area contributed by atoms with Crippen molar-refractivity contribution in [3.05, 3.63) is 75.5 Å².